The lowest BCUT2D eigenvalue weighted by atomic mass is 10.1. The molecular weight excluding hydrogens is 336 g/mol. The first-order valence-corrected chi connectivity index (χ1v) is 9.60. The van der Waals surface area contributed by atoms with Crippen LogP contribution >= 0.6 is 0 Å². The van der Waals surface area contributed by atoms with Crippen LogP contribution in [-0.4, -0.2) is 28.8 Å². The zero-order chi connectivity index (χ0) is 19.8. The summed E-state index contributed by atoms with van der Waals surface area (Å²) in [7, 11) is 0. The molecule has 0 radical (unpaired) electrons. The maximum atomic E-state index is 13.1. The van der Waals surface area contributed by atoms with Crippen LogP contribution in [0.4, 0.5) is 0 Å². The Hall–Kier alpha value is -2.62. The number of amides is 2. The van der Waals surface area contributed by atoms with Crippen molar-refractivity contribution in [3.8, 4) is 0 Å². The molecular formula is C23H30N2O2. The predicted molar refractivity (Wildman–Crippen MR) is 109 cm³/mol. The summed E-state index contributed by atoms with van der Waals surface area (Å²) in [6.07, 6.45) is 0.864. The van der Waals surface area contributed by atoms with E-state index in [2.05, 4.69) is 11.4 Å². The van der Waals surface area contributed by atoms with Gasteiger partial charge in [0.25, 0.3) is 0 Å². The molecule has 0 saturated carbocycles. The SMILES string of the molecule is CCC(C(=O)NC(C)C)N(Cc1cccc(C)c1)C(=O)Cc1ccccc1. The Morgan fingerprint density at radius 1 is 1.00 bits per heavy atom. The standard InChI is InChI=1S/C23H30N2O2/c1-5-21(23(27)24-17(2)3)25(16-20-13-9-10-18(4)14-20)22(26)15-19-11-7-6-8-12-19/h6-14,17,21H,5,15-16H2,1-4H3,(H,24,27). The fraction of sp³-hybridized carbons (Fsp3) is 0.391. The molecule has 2 amide bonds. The lowest BCUT2D eigenvalue weighted by molar-refractivity contribution is -0.141. The third-order valence-electron chi connectivity index (χ3n) is 4.45. The number of hydrogen-bond acceptors (Lipinski definition) is 2. The molecule has 1 N–H and O–H groups in total. The normalized spacial score (nSPS) is 11.9. The maximum Gasteiger partial charge on any atom is 0.243 e. The van der Waals surface area contributed by atoms with Crippen molar-refractivity contribution in [3.63, 3.8) is 0 Å². The Bertz CT molecular complexity index is 756. The van der Waals surface area contributed by atoms with Gasteiger partial charge in [-0.05, 0) is 38.3 Å². The second-order valence-corrected chi connectivity index (χ2v) is 7.26. The van der Waals surface area contributed by atoms with Crippen molar-refractivity contribution in [2.24, 2.45) is 0 Å². The van der Waals surface area contributed by atoms with Crippen molar-refractivity contribution in [3.05, 3.63) is 71.3 Å². The number of benzene rings is 2. The third kappa shape index (κ3) is 6.24. The molecule has 2 rings (SSSR count). The van der Waals surface area contributed by atoms with Crippen molar-refractivity contribution < 1.29 is 9.59 Å². The molecule has 0 fully saturated rings. The third-order valence-corrected chi connectivity index (χ3v) is 4.45. The molecule has 0 bridgehead atoms. The van der Waals surface area contributed by atoms with Crippen LogP contribution < -0.4 is 5.32 Å². The van der Waals surface area contributed by atoms with Crippen molar-refractivity contribution in [1.29, 1.82) is 0 Å². The van der Waals surface area contributed by atoms with Gasteiger partial charge in [-0.3, -0.25) is 9.59 Å². The van der Waals surface area contributed by atoms with E-state index in [9.17, 15) is 9.59 Å². The van der Waals surface area contributed by atoms with E-state index in [1.165, 1.54) is 0 Å². The van der Waals surface area contributed by atoms with E-state index >= 15 is 0 Å². The van der Waals surface area contributed by atoms with Crippen LogP contribution in [0.2, 0.25) is 0 Å². The average molecular weight is 367 g/mol. The van der Waals surface area contributed by atoms with E-state index in [1.807, 2.05) is 76.2 Å². The van der Waals surface area contributed by atoms with Crippen LogP contribution in [0, 0.1) is 6.92 Å². The highest BCUT2D eigenvalue weighted by molar-refractivity contribution is 5.88. The number of nitrogens with zero attached hydrogens (tertiary/aromatic N) is 1. The Kier molecular flexibility index (Phi) is 7.59. The van der Waals surface area contributed by atoms with Crippen molar-refractivity contribution in [2.45, 2.75) is 59.2 Å². The lowest BCUT2D eigenvalue weighted by Gasteiger charge is -2.31. The highest BCUT2D eigenvalue weighted by atomic mass is 16.2. The second-order valence-electron chi connectivity index (χ2n) is 7.26. The van der Waals surface area contributed by atoms with E-state index < -0.39 is 6.04 Å². The van der Waals surface area contributed by atoms with Crippen LogP contribution in [-0.2, 0) is 22.6 Å². The molecule has 0 aromatic heterocycles. The summed E-state index contributed by atoms with van der Waals surface area (Å²) in [5, 5.41) is 2.96. The number of carbonyl (C=O) groups is 2. The fourth-order valence-corrected chi connectivity index (χ4v) is 3.18. The summed E-state index contributed by atoms with van der Waals surface area (Å²) in [5.74, 6) is -0.130. The summed E-state index contributed by atoms with van der Waals surface area (Å²) in [6.45, 7) is 8.27. The summed E-state index contributed by atoms with van der Waals surface area (Å²) in [6, 6.07) is 17.3. The fourth-order valence-electron chi connectivity index (χ4n) is 3.18. The summed E-state index contributed by atoms with van der Waals surface area (Å²) >= 11 is 0. The summed E-state index contributed by atoms with van der Waals surface area (Å²) in [5.41, 5.74) is 3.13. The topological polar surface area (TPSA) is 49.4 Å². The Balaban J connectivity index is 2.28. The number of aryl methyl sites for hydroxylation is 1. The Morgan fingerprint density at radius 2 is 1.67 bits per heavy atom. The zero-order valence-electron chi connectivity index (χ0n) is 16.7. The molecule has 27 heavy (non-hydrogen) atoms. The van der Waals surface area contributed by atoms with E-state index in [1.54, 1.807) is 4.90 Å². The Morgan fingerprint density at radius 3 is 2.26 bits per heavy atom. The molecule has 2 aromatic rings. The molecule has 0 aliphatic carbocycles. The quantitative estimate of drug-likeness (QED) is 0.771. The van der Waals surface area contributed by atoms with Gasteiger partial charge in [0.2, 0.25) is 11.8 Å². The Labute approximate surface area is 162 Å². The van der Waals surface area contributed by atoms with Gasteiger partial charge in [-0.1, -0.05) is 67.1 Å². The second kappa shape index (κ2) is 9.91. The van der Waals surface area contributed by atoms with E-state index in [0.717, 1.165) is 16.7 Å². The van der Waals surface area contributed by atoms with Crippen molar-refractivity contribution >= 4 is 11.8 Å². The molecule has 0 aliphatic rings. The monoisotopic (exact) mass is 366 g/mol. The molecule has 144 valence electrons. The molecule has 1 atom stereocenters. The van der Waals surface area contributed by atoms with E-state index in [-0.39, 0.29) is 24.3 Å². The number of nitrogens with one attached hydrogen (secondary N) is 1. The van der Waals surface area contributed by atoms with Crippen LogP contribution in [0.3, 0.4) is 0 Å². The minimum Gasteiger partial charge on any atom is -0.352 e. The summed E-state index contributed by atoms with van der Waals surface area (Å²) in [4.78, 5) is 27.6. The van der Waals surface area contributed by atoms with Gasteiger partial charge in [0, 0.05) is 12.6 Å². The number of hydrogen-bond donors (Lipinski definition) is 1. The van der Waals surface area contributed by atoms with E-state index in [4.69, 9.17) is 0 Å². The predicted octanol–water partition coefficient (Wildman–Crippen LogP) is 3.87. The first-order chi connectivity index (χ1) is 12.9. The van der Waals surface area contributed by atoms with Crippen molar-refractivity contribution in [1.82, 2.24) is 10.2 Å². The lowest BCUT2D eigenvalue weighted by Crippen LogP contribution is -2.50. The van der Waals surface area contributed by atoms with Gasteiger partial charge in [0.15, 0.2) is 0 Å². The van der Waals surface area contributed by atoms with Gasteiger partial charge in [-0.25, -0.2) is 0 Å². The van der Waals surface area contributed by atoms with Gasteiger partial charge in [-0.2, -0.15) is 0 Å². The molecule has 4 nitrogen and oxygen atoms in total. The van der Waals surface area contributed by atoms with Gasteiger partial charge >= 0.3 is 0 Å². The molecule has 0 saturated heterocycles. The van der Waals surface area contributed by atoms with Gasteiger partial charge in [-0.15, -0.1) is 0 Å². The number of carbonyl (C=O) groups excluding carboxylic acids is 2. The van der Waals surface area contributed by atoms with Crippen LogP contribution in [0.1, 0.15) is 43.9 Å². The number of rotatable bonds is 8. The first kappa shape index (κ1) is 20.7. The van der Waals surface area contributed by atoms with Crippen LogP contribution in [0.5, 0.6) is 0 Å². The van der Waals surface area contributed by atoms with Gasteiger partial charge < -0.3 is 10.2 Å². The van der Waals surface area contributed by atoms with Crippen molar-refractivity contribution in [2.75, 3.05) is 0 Å². The molecule has 1 unspecified atom stereocenters. The minimum absolute atomic E-state index is 0.0338. The highest BCUT2D eigenvalue weighted by Gasteiger charge is 2.28. The molecule has 0 spiro atoms. The van der Waals surface area contributed by atoms with Crippen LogP contribution in [0.25, 0.3) is 0 Å². The van der Waals surface area contributed by atoms with E-state index in [0.29, 0.717) is 13.0 Å². The summed E-state index contributed by atoms with van der Waals surface area (Å²) < 4.78 is 0. The average Bonchev–Trinajstić information content (AvgIpc) is 2.61. The highest BCUT2D eigenvalue weighted by Crippen LogP contribution is 2.15. The van der Waals surface area contributed by atoms with Crippen LogP contribution in [0.15, 0.2) is 54.6 Å². The van der Waals surface area contributed by atoms with Gasteiger partial charge in [0.1, 0.15) is 6.04 Å². The van der Waals surface area contributed by atoms with Gasteiger partial charge in [0.05, 0.1) is 6.42 Å². The maximum absolute atomic E-state index is 13.1. The smallest absolute Gasteiger partial charge is 0.243 e. The molecule has 2 aromatic carbocycles. The zero-order valence-corrected chi connectivity index (χ0v) is 16.7. The first-order valence-electron chi connectivity index (χ1n) is 9.60. The molecule has 4 heteroatoms. The molecule has 0 aliphatic heterocycles. The minimum atomic E-state index is -0.482. The molecule has 0 heterocycles. The largest absolute Gasteiger partial charge is 0.352 e.